The predicted molar refractivity (Wildman–Crippen MR) is 227 cm³/mol. The minimum atomic E-state index is -0.728. The van der Waals surface area contributed by atoms with Crippen molar-refractivity contribution in [1.82, 2.24) is 0 Å². The van der Waals surface area contributed by atoms with Crippen molar-refractivity contribution in [3.8, 4) is 0 Å². The average Bonchev–Trinajstić information content (AvgIpc) is 3.19. The molecule has 1 aliphatic heterocycles. The fourth-order valence-electron chi connectivity index (χ4n) is 7.11. The molecule has 2 unspecified atom stereocenters. The van der Waals surface area contributed by atoms with E-state index in [2.05, 4.69) is 58.5 Å². The molecule has 8 atom stereocenters. The summed E-state index contributed by atoms with van der Waals surface area (Å²) in [4.78, 5) is 3.29. The number of unbranched alkanes of at least 4 members (excludes halogenated alkanes) is 16. The maximum atomic E-state index is 9.74. The molecule has 0 amide bonds. The predicted octanol–water partition coefficient (Wildman–Crippen LogP) is 12.7. The molecule has 0 N–H and O–H groups in total. The van der Waals surface area contributed by atoms with Gasteiger partial charge in [0, 0.05) is 37.9 Å². The Bertz CT molecular complexity index is 879. The number of ether oxygens (including phenoxy) is 7. The van der Waals surface area contributed by atoms with Crippen LogP contribution in [0.5, 0.6) is 0 Å². The van der Waals surface area contributed by atoms with Gasteiger partial charge in [0.05, 0.1) is 25.4 Å². The summed E-state index contributed by atoms with van der Waals surface area (Å²) in [6.07, 6.45) is 24.4. The van der Waals surface area contributed by atoms with E-state index in [0.29, 0.717) is 39.6 Å². The largest absolute Gasteiger partial charge is 0.379 e. The van der Waals surface area contributed by atoms with Gasteiger partial charge >= 0.3 is 0 Å². The first-order chi connectivity index (χ1) is 27.0. The third-order valence-electron chi connectivity index (χ3n) is 10.9. The van der Waals surface area contributed by atoms with E-state index in [9.17, 15) is 5.53 Å². The molecular weight excluding hydrogens is 695 g/mol. The second kappa shape index (κ2) is 37.3. The first kappa shape index (κ1) is 52.0. The van der Waals surface area contributed by atoms with Crippen LogP contribution in [0.4, 0.5) is 0 Å². The standard InChI is InChI=1S/C45H89N3O7/c1-8-14-20-21-22-23-24-25-26-27-28-29-30-40(50-32-16-10-3)38(7)39(47-48-46)36-54-45-44(53-35-19-13-6)43(52-34-18-12-5)42(51-33-17-11-4)41(55-45)37-49-31-15-9-2/h38-45H,8-37H2,1-7H3/t38-,39-,40+,41?,42-,43-,44?,45-/m0/s1. The molecular formula is C45H89N3O7. The van der Waals surface area contributed by atoms with Crippen molar-refractivity contribution >= 4 is 0 Å². The Hall–Kier alpha value is -0.970. The summed E-state index contributed by atoms with van der Waals surface area (Å²) in [6.45, 7) is 19.0. The normalized spacial score (nSPS) is 21.7. The van der Waals surface area contributed by atoms with Crippen molar-refractivity contribution in [2.45, 2.75) is 239 Å². The fraction of sp³-hybridized carbons (Fsp3) is 1.00. The quantitative estimate of drug-likeness (QED) is 0.0263. The number of hydrogen-bond acceptors (Lipinski definition) is 8. The maximum Gasteiger partial charge on any atom is 0.186 e. The van der Waals surface area contributed by atoms with Crippen LogP contribution in [-0.4, -0.2) is 89.1 Å². The van der Waals surface area contributed by atoms with Crippen molar-refractivity contribution in [3.05, 3.63) is 10.4 Å². The zero-order valence-electron chi connectivity index (χ0n) is 37.0. The summed E-state index contributed by atoms with van der Waals surface area (Å²) in [5, 5.41) is 4.30. The monoisotopic (exact) mass is 784 g/mol. The molecule has 0 aromatic carbocycles. The molecule has 1 saturated heterocycles. The van der Waals surface area contributed by atoms with Crippen LogP contribution in [0.25, 0.3) is 10.4 Å². The summed E-state index contributed by atoms with van der Waals surface area (Å²) in [7, 11) is 0. The van der Waals surface area contributed by atoms with Crippen LogP contribution in [0.15, 0.2) is 5.11 Å². The minimum Gasteiger partial charge on any atom is -0.379 e. The van der Waals surface area contributed by atoms with Crippen LogP contribution in [-0.2, 0) is 33.2 Å². The van der Waals surface area contributed by atoms with E-state index < -0.39 is 18.4 Å². The lowest BCUT2D eigenvalue weighted by molar-refractivity contribution is -0.324. The van der Waals surface area contributed by atoms with Crippen LogP contribution in [0, 0.1) is 5.92 Å². The summed E-state index contributed by atoms with van der Waals surface area (Å²) in [5.74, 6) is -0.0292. The van der Waals surface area contributed by atoms with Gasteiger partial charge in [-0.1, -0.05) is 163 Å². The fourth-order valence-corrected chi connectivity index (χ4v) is 7.11. The van der Waals surface area contributed by atoms with Gasteiger partial charge in [0.15, 0.2) is 6.29 Å². The Morgan fingerprint density at radius 3 is 1.56 bits per heavy atom. The van der Waals surface area contributed by atoms with Crippen LogP contribution in [0.1, 0.15) is 196 Å². The molecule has 10 heteroatoms. The lowest BCUT2D eigenvalue weighted by atomic mass is 9.92. The van der Waals surface area contributed by atoms with E-state index >= 15 is 0 Å². The van der Waals surface area contributed by atoms with Gasteiger partial charge in [-0.05, 0) is 50.0 Å². The van der Waals surface area contributed by atoms with Crippen molar-refractivity contribution in [2.75, 3.05) is 46.2 Å². The molecule has 10 nitrogen and oxygen atoms in total. The summed E-state index contributed by atoms with van der Waals surface area (Å²) >= 11 is 0. The highest BCUT2D eigenvalue weighted by Crippen LogP contribution is 2.31. The maximum absolute atomic E-state index is 9.74. The van der Waals surface area contributed by atoms with Crippen molar-refractivity contribution < 1.29 is 33.2 Å². The second-order valence-corrected chi connectivity index (χ2v) is 15.9. The number of rotatable bonds is 40. The Labute approximate surface area is 339 Å². The van der Waals surface area contributed by atoms with Gasteiger partial charge in [-0.15, -0.1) is 0 Å². The smallest absolute Gasteiger partial charge is 0.186 e. The summed E-state index contributed by atoms with van der Waals surface area (Å²) in [6, 6.07) is -0.425. The highest BCUT2D eigenvalue weighted by Gasteiger charge is 2.49. The molecule has 0 saturated carbocycles. The van der Waals surface area contributed by atoms with Gasteiger partial charge in [-0.3, -0.25) is 0 Å². The number of nitrogens with zero attached hydrogens (tertiary/aromatic N) is 3. The molecule has 1 aliphatic rings. The van der Waals surface area contributed by atoms with Crippen LogP contribution in [0.2, 0.25) is 0 Å². The Morgan fingerprint density at radius 1 is 0.545 bits per heavy atom. The zero-order chi connectivity index (χ0) is 40.2. The highest BCUT2D eigenvalue weighted by molar-refractivity contribution is 4.94. The van der Waals surface area contributed by atoms with Crippen molar-refractivity contribution in [1.29, 1.82) is 0 Å². The lowest BCUT2D eigenvalue weighted by Gasteiger charge is -2.46. The topological polar surface area (TPSA) is 113 Å². The molecule has 55 heavy (non-hydrogen) atoms. The van der Waals surface area contributed by atoms with Crippen LogP contribution >= 0.6 is 0 Å². The molecule has 1 rings (SSSR count). The van der Waals surface area contributed by atoms with E-state index in [-0.39, 0.29) is 36.9 Å². The molecule has 0 aromatic rings. The molecule has 0 aliphatic carbocycles. The van der Waals surface area contributed by atoms with E-state index in [1.165, 1.54) is 70.6 Å². The highest BCUT2D eigenvalue weighted by atomic mass is 16.7. The Kier molecular flexibility index (Phi) is 35.3. The van der Waals surface area contributed by atoms with E-state index in [4.69, 9.17) is 33.2 Å². The first-order valence-corrected chi connectivity index (χ1v) is 23.4. The molecule has 0 radical (unpaired) electrons. The molecule has 1 fully saturated rings. The van der Waals surface area contributed by atoms with E-state index in [1.807, 2.05) is 0 Å². The van der Waals surface area contributed by atoms with Crippen molar-refractivity contribution in [2.24, 2.45) is 11.0 Å². The van der Waals surface area contributed by atoms with Gasteiger partial charge in [0.1, 0.15) is 24.4 Å². The van der Waals surface area contributed by atoms with E-state index in [0.717, 1.165) is 77.0 Å². The molecule has 326 valence electrons. The first-order valence-electron chi connectivity index (χ1n) is 23.4. The molecule has 0 spiro atoms. The van der Waals surface area contributed by atoms with Crippen molar-refractivity contribution in [3.63, 3.8) is 0 Å². The second-order valence-electron chi connectivity index (χ2n) is 15.9. The van der Waals surface area contributed by atoms with Crippen LogP contribution in [0.3, 0.4) is 0 Å². The number of hydrogen-bond donors (Lipinski definition) is 0. The zero-order valence-corrected chi connectivity index (χ0v) is 37.0. The lowest BCUT2D eigenvalue weighted by Crippen LogP contribution is -2.62. The SMILES string of the molecule is CCCCCCCCCCCCCC[C@@H](OCCCC)[C@@H](C)[C@H](CO[C@H]1OC(COCCCC)[C@H](OCCCC)[C@H](OCCCC)C1OCCCC)N=[N+]=[N-]. The molecule has 0 bridgehead atoms. The van der Waals surface area contributed by atoms with Gasteiger partial charge in [0.25, 0.3) is 0 Å². The van der Waals surface area contributed by atoms with Crippen LogP contribution < -0.4 is 0 Å². The van der Waals surface area contributed by atoms with Gasteiger partial charge < -0.3 is 33.2 Å². The van der Waals surface area contributed by atoms with Gasteiger partial charge in [-0.2, -0.15) is 0 Å². The summed E-state index contributed by atoms with van der Waals surface area (Å²) in [5.41, 5.74) is 9.74. The minimum absolute atomic E-state index is 0.0150. The Balaban J connectivity index is 3.08. The third kappa shape index (κ3) is 24.5. The van der Waals surface area contributed by atoms with Gasteiger partial charge in [-0.25, -0.2) is 0 Å². The third-order valence-corrected chi connectivity index (χ3v) is 10.9. The Morgan fingerprint density at radius 2 is 1.02 bits per heavy atom. The molecule has 1 heterocycles. The van der Waals surface area contributed by atoms with Gasteiger partial charge in [0.2, 0.25) is 0 Å². The van der Waals surface area contributed by atoms with E-state index in [1.54, 1.807) is 0 Å². The molecule has 0 aromatic heterocycles. The average molecular weight is 784 g/mol. The summed E-state index contributed by atoms with van der Waals surface area (Å²) < 4.78 is 45.8. The number of azide groups is 1.